The summed E-state index contributed by atoms with van der Waals surface area (Å²) in [5.41, 5.74) is 6.57. The molecule has 0 radical (unpaired) electrons. The van der Waals surface area contributed by atoms with E-state index in [2.05, 4.69) is 10.1 Å². The van der Waals surface area contributed by atoms with Crippen molar-refractivity contribution in [3.8, 4) is 5.75 Å². The highest BCUT2D eigenvalue weighted by atomic mass is 16.5. The maximum Gasteiger partial charge on any atom is 0.227 e. The number of ether oxygens (including phenoxy) is 1. The van der Waals surface area contributed by atoms with Gasteiger partial charge in [0.15, 0.2) is 5.82 Å². The molecule has 17 heavy (non-hydrogen) atoms. The van der Waals surface area contributed by atoms with Crippen LogP contribution in [0.3, 0.4) is 0 Å². The zero-order chi connectivity index (χ0) is 11.7. The van der Waals surface area contributed by atoms with Gasteiger partial charge in [-0.2, -0.15) is 4.98 Å². The molecule has 0 bridgehead atoms. The maximum absolute atomic E-state index is 5.59. The molecule has 5 nitrogen and oxygen atoms in total. The third kappa shape index (κ3) is 1.78. The van der Waals surface area contributed by atoms with Gasteiger partial charge >= 0.3 is 0 Å². The second-order valence-electron chi connectivity index (χ2n) is 3.99. The lowest BCUT2D eigenvalue weighted by molar-refractivity contribution is 0.331. The van der Waals surface area contributed by atoms with Crippen LogP contribution in [-0.4, -0.2) is 23.3 Å². The summed E-state index contributed by atoms with van der Waals surface area (Å²) < 4.78 is 10.7. The topological polar surface area (TPSA) is 74.2 Å². The number of aromatic nitrogens is 2. The molecule has 88 valence electrons. The van der Waals surface area contributed by atoms with Gasteiger partial charge in [-0.05, 0) is 6.07 Å². The molecule has 0 amide bonds. The van der Waals surface area contributed by atoms with E-state index in [0.717, 1.165) is 11.3 Å². The van der Waals surface area contributed by atoms with E-state index in [-0.39, 0.29) is 5.92 Å². The molecule has 1 unspecified atom stereocenters. The molecule has 0 aliphatic carbocycles. The molecule has 2 heterocycles. The summed E-state index contributed by atoms with van der Waals surface area (Å²) in [7, 11) is 0. The Morgan fingerprint density at radius 1 is 1.35 bits per heavy atom. The van der Waals surface area contributed by atoms with Crippen molar-refractivity contribution in [1.29, 1.82) is 0 Å². The zero-order valence-corrected chi connectivity index (χ0v) is 9.30. The van der Waals surface area contributed by atoms with Crippen LogP contribution in [0.15, 0.2) is 28.8 Å². The minimum Gasteiger partial charge on any atom is -0.492 e. The van der Waals surface area contributed by atoms with Crippen molar-refractivity contribution in [3.05, 3.63) is 41.5 Å². The first kappa shape index (κ1) is 10.3. The number of hydrogen-bond acceptors (Lipinski definition) is 5. The van der Waals surface area contributed by atoms with Crippen molar-refractivity contribution in [2.24, 2.45) is 5.73 Å². The molecule has 1 aliphatic rings. The second-order valence-corrected chi connectivity index (χ2v) is 3.99. The molecule has 3 rings (SSSR count). The lowest BCUT2D eigenvalue weighted by atomic mass is 10.0. The minimum atomic E-state index is 0.0708. The molecule has 1 aromatic carbocycles. The van der Waals surface area contributed by atoms with Gasteiger partial charge in [-0.25, -0.2) is 0 Å². The van der Waals surface area contributed by atoms with E-state index in [0.29, 0.717) is 31.3 Å². The van der Waals surface area contributed by atoms with Crippen LogP contribution in [0.2, 0.25) is 0 Å². The van der Waals surface area contributed by atoms with Gasteiger partial charge in [0.2, 0.25) is 5.89 Å². The average molecular weight is 231 g/mol. The molecule has 1 aliphatic heterocycles. The number of nitrogens with two attached hydrogens (primary N) is 1. The third-order valence-electron chi connectivity index (χ3n) is 2.85. The quantitative estimate of drug-likeness (QED) is 0.856. The summed E-state index contributed by atoms with van der Waals surface area (Å²) in [6, 6.07) is 7.93. The summed E-state index contributed by atoms with van der Waals surface area (Å²) in [6.45, 7) is 1.08. The van der Waals surface area contributed by atoms with Crippen LogP contribution in [0, 0.1) is 0 Å². The van der Waals surface area contributed by atoms with Crippen LogP contribution in [-0.2, 0) is 6.42 Å². The van der Waals surface area contributed by atoms with Gasteiger partial charge in [0.25, 0.3) is 0 Å². The van der Waals surface area contributed by atoms with Gasteiger partial charge in [-0.15, -0.1) is 0 Å². The molecule has 0 spiro atoms. The Hall–Kier alpha value is -1.88. The molecule has 0 saturated heterocycles. The highest BCUT2D eigenvalue weighted by Crippen LogP contribution is 2.36. The molecular weight excluding hydrogens is 218 g/mol. The zero-order valence-electron chi connectivity index (χ0n) is 9.30. The summed E-state index contributed by atoms with van der Waals surface area (Å²) >= 11 is 0. The second kappa shape index (κ2) is 4.18. The van der Waals surface area contributed by atoms with E-state index in [4.69, 9.17) is 15.0 Å². The predicted molar refractivity (Wildman–Crippen MR) is 60.8 cm³/mol. The van der Waals surface area contributed by atoms with E-state index in [1.807, 2.05) is 24.3 Å². The minimum absolute atomic E-state index is 0.0708. The third-order valence-corrected chi connectivity index (χ3v) is 2.85. The lowest BCUT2D eigenvalue weighted by Gasteiger charge is -2.01. The Morgan fingerprint density at radius 2 is 2.24 bits per heavy atom. The summed E-state index contributed by atoms with van der Waals surface area (Å²) in [6.07, 6.45) is 0.613. The fourth-order valence-electron chi connectivity index (χ4n) is 2.01. The normalized spacial score (nSPS) is 17.8. The number of fused-ring (bicyclic) bond motifs is 1. The largest absolute Gasteiger partial charge is 0.492 e. The number of para-hydroxylation sites is 1. The summed E-state index contributed by atoms with van der Waals surface area (Å²) in [5.74, 6) is 2.24. The Labute approximate surface area is 98.6 Å². The van der Waals surface area contributed by atoms with Crippen LogP contribution in [0.1, 0.15) is 23.2 Å². The molecule has 0 fully saturated rings. The van der Waals surface area contributed by atoms with Crippen molar-refractivity contribution in [1.82, 2.24) is 10.1 Å². The molecule has 2 N–H and O–H groups in total. The fourth-order valence-corrected chi connectivity index (χ4v) is 2.01. The van der Waals surface area contributed by atoms with Crippen molar-refractivity contribution in [2.45, 2.75) is 12.3 Å². The monoisotopic (exact) mass is 231 g/mol. The number of hydrogen-bond donors (Lipinski definition) is 1. The van der Waals surface area contributed by atoms with Gasteiger partial charge in [-0.3, -0.25) is 0 Å². The fraction of sp³-hybridized carbons (Fsp3) is 0.333. The van der Waals surface area contributed by atoms with Gasteiger partial charge in [-0.1, -0.05) is 23.4 Å². The molecule has 5 heteroatoms. The number of nitrogens with zero attached hydrogens (tertiary/aromatic N) is 2. The van der Waals surface area contributed by atoms with E-state index in [1.165, 1.54) is 0 Å². The van der Waals surface area contributed by atoms with Crippen LogP contribution >= 0.6 is 0 Å². The Bertz CT molecular complexity index is 524. The number of benzene rings is 1. The van der Waals surface area contributed by atoms with Gasteiger partial charge in [0.05, 0.1) is 5.92 Å². The van der Waals surface area contributed by atoms with E-state index >= 15 is 0 Å². The Balaban J connectivity index is 1.90. The molecule has 1 atom stereocenters. The van der Waals surface area contributed by atoms with Crippen molar-refractivity contribution in [2.75, 3.05) is 13.2 Å². The highest BCUT2D eigenvalue weighted by Gasteiger charge is 2.29. The smallest absolute Gasteiger partial charge is 0.227 e. The first-order valence-electron chi connectivity index (χ1n) is 5.63. The molecule has 1 aromatic heterocycles. The van der Waals surface area contributed by atoms with Gasteiger partial charge < -0.3 is 15.0 Å². The summed E-state index contributed by atoms with van der Waals surface area (Å²) in [5, 5.41) is 3.99. The molecule has 2 aromatic rings. The Kier molecular flexibility index (Phi) is 2.53. The number of rotatable bonds is 3. The van der Waals surface area contributed by atoms with Crippen molar-refractivity contribution in [3.63, 3.8) is 0 Å². The van der Waals surface area contributed by atoms with Crippen LogP contribution < -0.4 is 10.5 Å². The van der Waals surface area contributed by atoms with Gasteiger partial charge in [0, 0.05) is 18.5 Å². The first-order chi connectivity index (χ1) is 8.38. The predicted octanol–water partition coefficient (Wildman–Crippen LogP) is 1.10. The highest BCUT2D eigenvalue weighted by molar-refractivity contribution is 5.42. The lowest BCUT2D eigenvalue weighted by Crippen LogP contribution is -2.06. The maximum atomic E-state index is 5.59. The van der Waals surface area contributed by atoms with E-state index in [1.54, 1.807) is 0 Å². The van der Waals surface area contributed by atoms with Crippen LogP contribution in [0.4, 0.5) is 0 Å². The molecule has 0 saturated carbocycles. The van der Waals surface area contributed by atoms with Crippen LogP contribution in [0.25, 0.3) is 0 Å². The van der Waals surface area contributed by atoms with E-state index < -0.39 is 0 Å². The van der Waals surface area contributed by atoms with Crippen molar-refractivity contribution < 1.29 is 9.26 Å². The SMILES string of the molecule is NCCc1nc(C2COc3ccccc32)no1. The van der Waals surface area contributed by atoms with Crippen LogP contribution in [0.5, 0.6) is 5.75 Å². The van der Waals surface area contributed by atoms with Crippen molar-refractivity contribution >= 4 is 0 Å². The summed E-state index contributed by atoms with van der Waals surface area (Å²) in [4.78, 5) is 4.34. The first-order valence-corrected chi connectivity index (χ1v) is 5.63. The molecular formula is C12H13N3O2. The Morgan fingerprint density at radius 3 is 3.12 bits per heavy atom. The van der Waals surface area contributed by atoms with E-state index in [9.17, 15) is 0 Å². The average Bonchev–Trinajstić information content (AvgIpc) is 2.95. The van der Waals surface area contributed by atoms with Gasteiger partial charge in [0.1, 0.15) is 12.4 Å². The standard InChI is InChI=1S/C12H13N3O2/c13-6-5-11-14-12(15-17-11)9-7-16-10-4-2-1-3-8(9)10/h1-4,9H,5-7,13H2.